The van der Waals surface area contributed by atoms with Crippen LogP contribution in [0.2, 0.25) is 0 Å². The van der Waals surface area contributed by atoms with E-state index in [9.17, 15) is 8.42 Å². The molecule has 1 aromatic rings. The Kier molecular flexibility index (Phi) is 8.57. The maximum atomic E-state index is 12.0. The predicted molar refractivity (Wildman–Crippen MR) is 115 cm³/mol. The van der Waals surface area contributed by atoms with Gasteiger partial charge >= 0.3 is 0 Å². The molecule has 1 aromatic carbocycles. The van der Waals surface area contributed by atoms with Crippen molar-refractivity contribution in [2.45, 2.75) is 45.1 Å². The fourth-order valence-corrected chi connectivity index (χ4v) is 4.49. The van der Waals surface area contributed by atoms with E-state index < -0.39 is 10.0 Å². The summed E-state index contributed by atoms with van der Waals surface area (Å²) >= 11 is 0. The molecular formula is C20H34N4O3S. The number of nitrogens with zero attached hydrogens (tertiary/aromatic N) is 2. The molecule has 0 radical (unpaired) electrons. The Labute approximate surface area is 169 Å². The van der Waals surface area contributed by atoms with E-state index in [1.165, 1.54) is 5.56 Å². The predicted octanol–water partition coefficient (Wildman–Crippen LogP) is 2.17. The van der Waals surface area contributed by atoms with Crippen LogP contribution in [0, 0.1) is 0 Å². The molecule has 0 amide bonds. The van der Waals surface area contributed by atoms with E-state index in [0.717, 1.165) is 37.5 Å². The number of ether oxygens (including phenoxy) is 1. The minimum Gasteiger partial charge on any atom is -0.497 e. The smallest absolute Gasteiger partial charge is 0.213 e. The largest absolute Gasteiger partial charge is 0.497 e. The molecule has 1 fully saturated rings. The lowest BCUT2D eigenvalue weighted by Gasteiger charge is -2.32. The van der Waals surface area contributed by atoms with Crippen LogP contribution in [0.15, 0.2) is 29.3 Å². The van der Waals surface area contributed by atoms with Gasteiger partial charge in [0.15, 0.2) is 5.96 Å². The van der Waals surface area contributed by atoms with Crippen LogP contribution in [0.25, 0.3) is 0 Å². The molecule has 1 heterocycles. The highest BCUT2D eigenvalue weighted by atomic mass is 32.2. The molecule has 0 aliphatic carbocycles. The number of hydrogen-bond donors (Lipinski definition) is 2. The van der Waals surface area contributed by atoms with Gasteiger partial charge in [0.05, 0.1) is 12.9 Å². The Morgan fingerprint density at radius 3 is 2.46 bits per heavy atom. The number of rotatable bonds is 8. The van der Waals surface area contributed by atoms with Gasteiger partial charge in [-0.05, 0) is 49.8 Å². The summed E-state index contributed by atoms with van der Waals surface area (Å²) in [4.78, 5) is 4.30. The maximum absolute atomic E-state index is 12.0. The summed E-state index contributed by atoms with van der Waals surface area (Å²) in [6, 6.07) is 8.44. The second-order valence-corrected chi connectivity index (χ2v) is 9.44. The number of aliphatic imine (C=N–C) groups is 1. The third kappa shape index (κ3) is 6.38. The van der Waals surface area contributed by atoms with Crippen LogP contribution >= 0.6 is 0 Å². The lowest BCUT2D eigenvalue weighted by atomic mass is 9.98. The van der Waals surface area contributed by atoms with Crippen LogP contribution in [0.5, 0.6) is 5.75 Å². The van der Waals surface area contributed by atoms with E-state index in [2.05, 4.69) is 34.7 Å². The fraction of sp³-hybridized carbons (Fsp3) is 0.650. The highest BCUT2D eigenvalue weighted by molar-refractivity contribution is 7.89. The molecule has 2 rings (SSSR count). The molecule has 0 bridgehead atoms. The van der Waals surface area contributed by atoms with Gasteiger partial charge in [-0.2, -0.15) is 0 Å². The number of nitrogens with one attached hydrogen (secondary N) is 2. The highest BCUT2D eigenvalue weighted by Crippen LogP contribution is 2.21. The van der Waals surface area contributed by atoms with Gasteiger partial charge in [0.2, 0.25) is 10.0 Å². The lowest BCUT2D eigenvalue weighted by Crippen LogP contribution is -2.50. The molecule has 1 saturated heterocycles. The SMILES string of the molecule is CCS(=O)(=O)N1CCC(NC(=NC)NCCC(C)c2ccc(OC)cc2)CC1. The van der Waals surface area contributed by atoms with Gasteiger partial charge in [0.25, 0.3) is 0 Å². The Balaban J connectivity index is 1.74. The first-order valence-electron chi connectivity index (χ1n) is 9.98. The molecule has 0 saturated carbocycles. The Morgan fingerprint density at radius 1 is 1.29 bits per heavy atom. The zero-order valence-corrected chi connectivity index (χ0v) is 18.3. The molecule has 158 valence electrons. The van der Waals surface area contributed by atoms with Crippen molar-refractivity contribution in [2.75, 3.05) is 39.5 Å². The molecule has 1 aliphatic rings. The molecule has 0 spiro atoms. The number of benzene rings is 1. The zero-order valence-electron chi connectivity index (χ0n) is 17.4. The third-order valence-corrected chi connectivity index (χ3v) is 7.21. The number of guanidine groups is 1. The van der Waals surface area contributed by atoms with Gasteiger partial charge < -0.3 is 15.4 Å². The second kappa shape index (κ2) is 10.7. The van der Waals surface area contributed by atoms with Gasteiger partial charge in [-0.25, -0.2) is 12.7 Å². The summed E-state index contributed by atoms with van der Waals surface area (Å²) in [5, 5.41) is 6.80. The van der Waals surface area contributed by atoms with Crippen LogP contribution in [-0.2, 0) is 10.0 Å². The van der Waals surface area contributed by atoms with Crippen molar-refractivity contribution < 1.29 is 13.2 Å². The molecule has 2 N–H and O–H groups in total. The van der Waals surface area contributed by atoms with Gasteiger partial charge in [-0.15, -0.1) is 0 Å². The molecule has 8 heteroatoms. The van der Waals surface area contributed by atoms with Crippen molar-refractivity contribution in [3.63, 3.8) is 0 Å². The topological polar surface area (TPSA) is 83.0 Å². The van der Waals surface area contributed by atoms with Gasteiger partial charge in [-0.1, -0.05) is 19.1 Å². The third-order valence-electron chi connectivity index (χ3n) is 5.33. The van der Waals surface area contributed by atoms with E-state index in [1.54, 1.807) is 25.4 Å². The number of hydrogen-bond acceptors (Lipinski definition) is 4. The van der Waals surface area contributed by atoms with Crippen molar-refractivity contribution in [1.29, 1.82) is 0 Å². The first kappa shape index (κ1) is 22.5. The summed E-state index contributed by atoms with van der Waals surface area (Å²) in [5.74, 6) is 2.25. The maximum Gasteiger partial charge on any atom is 0.213 e. The Bertz CT molecular complexity index is 726. The average molecular weight is 411 g/mol. The van der Waals surface area contributed by atoms with Crippen molar-refractivity contribution in [3.8, 4) is 5.75 Å². The van der Waals surface area contributed by atoms with Crippen LogP contribution in [0.3, 0.4) is 0 Å². The molecular weight excluding hydrogens is 376 g/mol. The van der Waals surface area contributed by atoms with E-state index in [-0.39, 0.29) is 11.8 Å². The lowest BCUT2D eigenvalue weighted by molar-refractivity contribution is 0.306. The van der Waals surface area contributed by atoms with Crippen LogP contribution < -0.4 is 15.4 Å². The van der Waals surface area contributed by atoms with E-state index >= 15 is 0 Å². The zero-order chi connectivity index (χ0) is 20.6. The molecule has 1 unspecified atom stereocenters. The number of methoxy groups -OCH3 is 1. The Hall–Kier alpha value is -1.80. The second-order valence-electron chi connectivity index (χ2n) is 7.18. The molecule has 7 nitrogen and oxygen atoms in total. The highest BCUT2D eigenvalue weighted by Gasteiger charge is 2.26. The standard InChI is InChI=1S/C20H34N4O3S/c1-5-28(25,26)24-14-11-18(12-15-24)23-20(21-3)22-13-10-16(2)17-6-8-19(27-4)9-7-17/h6-9,16,18H,5,10-15H2,1-4H3,(H2,21,22,23). The van der Waals surface area contributed by atoms with E-state index in [1.807, 2.05) is 12.1 Å². The number of sulfonamides is 1. The van der Waals surface area contributed by atoms with Crippen molar-refractivity contribution in [2.24, 2.45) is 4.99 Å². The van der Waals surface area contributed by atoms with Crippen LogP contribution in [-0.4, -0.2) is 64.3 Å². The van der Waals surface area contributed by atoms with E-state index in [0.29, 0.717) is 19.0 Å². The summed E-state index contributed by atoms with van der Waals surface area (Å²) in [7, 11) is 0.355. The molecule has 28 heavy (non-hydrogen) atoms. The minimum atomic E-state index is -3.08. The normalized spacial score (nSPS) is 17.9. The first-order valence-corrected chi connectivity index (χ1v) is 11.6. The summed E-state index contributed by atoms with van der Waals surface area (Å²) in [5.41, 5.74) is 1.29. The van der Waals surface area contributed by atoms with E-state index in [4.69, 9.17) is 4.74 Å². The van der Waals surface area contributed by atoms with Crippen molar-refractivity contribution >= 4 is 16.0 Å². The van der Waals surface area contributed by atoms with Crippen LogP contribution in [0.4, 0.5) is 0 Å². The number of piperidine rings is 1. The summed E-state index contributed by atoms with van der Waals surface area (Å²) < 4.78 is 30.7. The molecule has 1 atom stereocenters. The van der Waals surface area contributed by atoms with Gasteiger partial charge in [0.1, 0.15) is 5.75 Å². The average Bonchev–Trinajstić information content (AvgIpc) is 2.73. The fourth-order valence-electron chi connectivity index (χ4n) is 3.36. The molecule has 0 aromatic heterocycles. The van der Waals surface area contributed by atoms with Gasteiger partial charge in [0, 0.05) is 32.7 Å². The summed E-state index contributed by atoms with van der Waals surface area (Å²) in [6.45, 7) is 5.86. The summed E-state index contributed by atoms with van der Waals surface area (Å²) in [6.07, 6.45) is 2.57. The van der Waals surface area contributed by atoms with Gasteiger partial charge in [-0.3, -0.25) is 4.99 Å². The molecule has 1 aliphatic heterocycles. The van der Waals surface area contributed by atoms with Crippen LogP contribution in [0.1, 0.15) is 44.6 Å². The quantitative estimate of drug-likeness (QED) is 0.507. The monoisotopic (exact) mass is 410 g/mol. The van der Waals surface area contributed by atoms with Crippen molar-refractivity contribution in [3.05, 3.63) is 29.8 Å². The van der Waals surface area contributed by atoms with Crippen molar-refractivity contribution in [1.82, 2.24) is 14.9 Å². The first-order chi connectivity index (χ1) is 13.4. The minimum absolute atomic E-state index is 0.167. The Morgan fingerprint density at radius 2 is 1.93 bits per heavy atom.